The smallest absolute Gasteiger partial charge is 0.307 e. The van der Waals surface area contributed by atoms with Crippen LogP contribution < -0.4 is 5.32 Å². The first-order valence-corrected chi connectivity index (χ1v) is 5.48. The average Bonchev–Trinajstić information content (AvgIpc) is 2.28. The Balaban J connectivity index is 2.40. The Morgan fingerprint density at radius 3 is 2.75 bits per heavy atom. The van der Waals surface area contributed by atoms with E-state index in [0.29, 0.717) is 6.42 Å². The Hall–Kier alpha value is -1.35. The zero-order chi connectivity index (χ0) is 12.0. The van der Waals surface area contributed by atoms with Crippen LogP contribution in [0.25, 0.3) is 0 Å². The molecule has 0 aliphatic heterocycles. The third-order valence-electron chi connectivity index (χ3n) is 2.60. The lowest BCUT2D eigenvalue weighted by atomic mass is 10.1. The van der Waals surface area contributed by atoms with Crippen LogP contribution in [0.15, 0.2) is 24.3 Å². The van der Waals surface area contributed by atoms with Crippen LogP contribution >= 0.6 is 0 Å². The summed E-state index contributed by atoms with van der Waals surface area (Å²) < 4.78 is 4.62. The van der Waals surface area contributed by atoms with Gasteiger partial charge in [-0.3, -0.25) is 4.79 Å². The topological polar surface area (TPSA) is 38.3 Å². The predicted molar refractivity (Wildman–Crippen MR) is 64.1 cm³/mol. The van der Waals surface area contributed by atoms with Crippen molar-refractivity contribution in [1.29, 1.82) is 0 Å². The summed E-state index contributed by atoms with van der Waals surface area (Å²) in [6.07, 6.45) is 0.405. The number of nitrogens with one attached hydrogen (secondary N) is 1. The maximum atomic E-state index is 11.0. The molecular weight excluding hydrogens is 202 g/mol. The molecule has 3 heteroatoms. The van der Waals surface area contributed by atoms with Crippen molar-refractivity contribution in [1.82, 2.24) is 5.32 Å². The number of methoxy groups -OCH3 is 1. The van der Waals surface area contributed by atoms with E-state index in [2.05, 4.69) is 29.1 Å². The van der Waals surface area contributed by atoms with Crippen molar-refractivity contribution in [3.8, 4) is 0 Å². The van der Waals surface area contributed by atoms with Crippen LogP contribution in [0.3, 0.4) is 0 Å². The van der Waals surface area contributed by atoms with E-state index in [4.69, 9.17) is 0 Å². The minimum Gasteiger partial charge on any atom is -0.469 e. The first-order valence-electron chi connectivity index (χ1n) is 5.48. The molecule has 1 aromatic rings. The second-order valence-electron chi connectivity index (χ2n) is 3.99. The highest BCUT2D eigenvalue weighted by Gasteiger charge is 2.08. The molecule has 1 rings (SSSR count). The lowest BCUT2D eigenvalue weighted by Crippen LogP contribution is -2.28. The quantitative estimate of drug-likeness (QED) is 0.773. The van der Waals surface area contributed by atoms with Crippen LogP contribution in [0, 0.1) is 6.92 Å². The van der Waals surface area contributed by atoms with Gasteiger partial charge in [-0.2, -0.15) is 0 Å². The number of ether oxygens (including phenoxy) is 1. The summed E-state index contributed by atoms with van der Waals surface area (Å²) in [5.74, 6) is -0.176. The van der Waals surface area contributed by atoms with Gasteiger partial charge in [0.2, 0.25) is 0 Å². The molecule has 0 fully saturated rings. The second-order valence-corrected chi connectivity index (χ2v) is 3.99. The van der Waals surface area contributed by atoms with Crippen molar-refractivity contribution < 1.29 is 9.53 Å². The van der Waals surface area contributed by atoms with Gasteiger partial charge >= 0.3 is 5.97 Å². The zero-order valence-corrected chi connectivity index (χ0v) is 10.1. The van der Waals surface area contributed by atoms with Crippen LogP contribution in [-0.4, -0.2) is 19.1 Å². The van der Waals surface area contributed by atoms with Gasteiger partial charge in [0, 0.05) is 12.6 Å². The Morgan fingerprint density at radius 1 is 1.44 bits per heavy atom. The highest BCUT2D eigenvalue weighted by atomic mass is 16.5. The summed E-state index contributed by atoms with van der Waals surface area (Å²) in [5, 5.41) is 3.30. The minimum atomic E-state index is -0.176. The van der Waals surface area contributed by atoms with Gasteiger partial charge in [0.05, 0.1) is 13.5 Å². The van der Waals surface area contributed by atoms with E-state index in [9.17, 15) is 4.79 Å². The molecule has 1 unspecified atom stereocenters. The molecule has 0 amide bonds. The van der Waals surface area contributed by atoms with Crippen molar-refractivity contribution >= 4 is 5.97 Å². The molecule has 88 valence electrons. The molecule has 0 aliphatic carbocycles. The fourth-order valence-electron chi connectivity index (χ4n) is 1.50. The molecule has 1 atom stereocenters. The van der Waals surface area contributed by atoms with E-state index in [1.165, 1.54) is 18.2 Å². The molecule has 1 N–H and O–H groups in total. The molecule has 0 aliphatic rings. The molecule has 0 bridgehead atoms. The summed E-state index contributed by atoms with van der Waals surface area (Å²) in [6.45, 7) is 4.85. The van der Waals surface area contributed by atoms with Crippen LogP contribution in [0.2, 0.25) is 0 Å². The van der Waals surface area contributed by atoms with E-state index in [1.54, 1.807) is 0 Å². The summed E-state index contributed by atoms with van der Waals surface area (Å²) in [7, 11) is 1.41. The lowest BCUT2D eigenvalue weighted by molar-refractivity contribution is -0.141. The first-order chi connectivity index (χ1) is 7.63. The summed E-state index contributed by atoms with van der Waals surface area (Å²) in [5.41, 5.74) is 2.53. The van der Waals surface area contributed by atoms with Gasteiger partial charge < -0.3 is 10.1 Å². The molecule has 1 aromatic carbocycles. The van der Waals surface area contributed by atoms with Crippen LogP contribution in [0.4, 0.5) is 0 Å². The highest BCUT2D eigenvalue weighted by molar-refractivity contribution is 5.69. The van der Waals surface area contributed by atoms with E-state index in [1.807, 2.05) is 19.1 Å². The van der Waals surface area contributed by atoms with Gasteiger partial charge in [0.15, 0.2) is 0 Å². The van der Waals surface area contributed by atoms with Crippen molar-refractivity contribution in [2.75, 3.05) is 7.11 Å². The number of carbonyl (C=O) groups excluding carboxylic acids is 1. The number of carbonyl (C=O) groups is 1. The van der Waals surface area contributed by atoms with E-state index in [0.717, 1.165) is 6.54 Å². The molecular formula is C13H19NO2. The second kappa shape index (κ2) is 6.28. The van der Waals surface area contributed by atoms with Gasteiger partial charge in [-0.25, -0.2) is 0 Å². The number of aryl methyl sites for hydroxylation is 1. The van der Waals surface area contributed by atoms with Gasteiger partial charge in [-0.15, -0.1) is 0 Å². The average molecular weight is 221 g/mol. The van der Waals surface area contributed by atoms with Crippen LogP contribution in [0.5, 0.6) is 0 Å². The SMILES string of the molecule is COC(=O)CC(C)NCc1ccccc1C. The van der Waals surface area contributed by atoms with Crippen molar-refractivity contribution in [3.05, 3.63) is 35.4 Å². The molecule has 0 spiro atoms. The van der Waals surface area contributed by atoms with Crippen LogP contribution in [0.1, 0.15) is 24.5 Å². The maximum Gasteiger partial charge on any atom is 0.307 e. The van der Waals surface area contributed by atoms with E-state index in [-0.39, 0.29) is 12.0 Å². The first kappa shape index (κ1) is 12.7. The largest absolute Gasteiger partial charge is 0.469 e. The molecule has 0 saturated carbocycles. The zero-order valence-electron chi connectivity index (χ0n) is 10.1. The fourth-order valence-corrected chi connectivity index (χ4v) is 1.50. The summed E-state index contributed by atoms with van der Waals surface area (Å²) in [4.78, 5) is 11.0. The molecule has 16 heavy (non-hydrogen) atoms. The standard InChI is InChI=1S/C13H19NO2/c1-10-6-4-5-7-12(10)9-14-11(2)8-13(15)16-3/h4-7,11,14H,8-9H2,1-3H3. The Labute approximate surface area is 96.8 Å². The van der Waals surface area contributed by atoms with Crippen LogP contribution in [-0.2, 0) is 16.1 Å². The monoisotopic (exact) mass is 221 g/mol. The molecule has 0 aromatic heterocycles. The van der Waals surface area contributed by atoms with Crippen molar-refractivity contribution in [3.63, 3.8) is 0 Å². The summed E-state index contributed by atoms with van der Waals surface area (Å²) in [6, 6.07) is 8.35. The van der Waals surface area contributed by atoms with Gasteiger partial charge in [0.25, 0.3) is 0 Å². The fraction of sp³-hybridized carbons (Fsp3) is 0.462. The Kier molecular flexibility index (Phi) is 4.99. The van der Waals surface area contributed by atoms with Gasteiger partial charge in [-0.05, 0) is 25.0 Å². The number of hydrogen-bond donors (Lipinski definition) is 1. The number of esters is 1. The molecule has 0 radical (unpaired) electrons. The Bertz CT molecular complexity index is 350. The van der Waals surface area contributed by atoms with Crippen molar-refractivity contribution in [2.45, 2.75) is 32.9 Å². The highest BCUT2D eigenvalue weighted by Crippen LogP contribution is 2.07. The number of benzene rings is 1. The molecule has 0 saturated heterocycles. The van der Waals surface area contributed by atoms with Gasteiger partial charge in [-0.1, -0.05) is 24.3 Å². The predicted octanol–water partition coefficient (Wildman–Crippen LogP) is 2.04. The minimum absolute atomic E-state index is 0.132. The Morgan fingerprint density at radius 2 is 2.12 bits per heavy atom. The van der Waals surface area contributed by atoms with Gasteiger partial charge in [0.1, 0.15) is 0 Å². The number of hydrogen-bond acceptors (Lipinski definition) is 3. The van der Waals surface area contributed by atoms with Crippen molar-refractivity contribution in [2.24, 2.45) is 0 Å². The maximum absolute atomic E-state index is 11.0. The molecule has 3 nitrogen and oxygen atoms in total. The van der Waals surface area contributed by atoms with E-state index >= 15 is 0 Å². The third kappa shape index (κ3) is 4.03. The van der Waals surface area contributed by atoms with E-state index < -0.39 is 0 Å². The summed E-state index contributed by atoms with van der Waals surface area (Å²) >= 11 is 0. The third-order valence-corrected chi connectivity index (χ3v) is 2.60. The lowest BCUT2D eigenvalue weighted by Gasteiger charge is -2.13. The number of rotatable bonds is 5. The normalized spacial score (nSPS) is 12.2. The molecule has 0 heterocycles.